The van der Waals surface area contributed by atoms with Crippen LogP contribution >= 0.6 is 11.5 Å². The first-order valence-electron chi connectivity index (χ1n) is 10.3. The standard InChI is InChI=1S/C20H26N6O4S/c1-29-15-6-4-14(5-7-15)25-8-10-26(11-9-25)20(28)22-19-17(23-24-31-19)18(27)21-13-16-3-2-12-30-16/h4-7,16H,2-3,8-13H2,1H3,(H,21,27)(H,22,28). The summed E-state index contributed by atoms with van der Waals surface area (Å²) in [4.78, 5) is 29.1. The number of rotatable bonds is 6. The summed E-state index contributed by atoms with van der Waals surface area (Å²) in [5, 5.41) is 9.85. The Morgan fingerprint density at radius 2 is 2.00 bits per heavy atom. The van der Waals surface area contributed by atoms with E-state index in [0.29, 0.717) is 24.6 Å². The number of piperazine rings is 1. The van der Waals surface area contributed by atoms with Crippen LogP contribution in [-0.4, -0.2) is 79.0 Å². The van der Waals surface area contributed by atoms with Crippen molar-refractivity contribution >= 4 is 34.2 Å². The number of nitrogens with one attached hydrogen (secondary N) is 2. The largest absolute Gasteiger partial charge is 0.497 e. The van der Waals surface area contributed by atoms with E-state index >= 15 is 0 Å². The van der Waals surface area contributed by atoms with E-state index in [4.69, 9.17) is 9.47 Å². The summed E-state index contributed by atoms with van der Waals surface area (Å²) in [5.74, 6) is 0.458. The van der Waals surface area contributed by atoms with Crippen LogP contribution in [0, 0.1) is 0 Å². The van der Waals surface area contributed by atoms with Crippen molar-refractivity contribution in [2.24, 2.45) is 0 Å². The number of carbonyl (C=O) groups is 2. The van der Waals surface area contributed by atoms with Gasteiger partial charge in [-0.05, 0) is 37.1 Å². The lowest BCUT2D eigenvalue weighted by Gasteiger charge is -2.36. The summed E-state index contributed by atoms with van der Waals surface area (Å²) in [6.45, 7) is 3.74. The third-order valence-corrected chi connectivity index (χ3v) is 6.08. The third kappa shape index (κ3) is 5.23. The van der Waals surface area contributed by atoms with Crippen molar-refractivity contribution in [3.05, 3.63) is 30.0 Å². The van der Waals surface area contributed by atoms with Crippen LogP contribution in [0.2, 0.25) is 0 Å². The second-order valence-electron chi connectivity index (χ2n) is 7.40. The van der Waals surface area contributed by atoms with Gasteiger partial charge in [-0.1, -0.05) is 4.49 Å². The fraction of sp³-hybridized carbons (Fsp3) is 0.500. The first-order chi connectivity index (χ1) is 15.1. The number of carbonyl (C=O) groups excluding carboxylic acids is 2. The summed E-state index contributed by atoms with van der Waals surface area (Å²) in [6, 6.07) is 7.62. The molecule has 0 spiro atoms. The molecule has 2 N–H and O–H groups in total. The van der Waals surface area contributed by atoms with Gasteiger partial charge in [0, 0.05) is 56.6 Å². The van der Waals surface area contributed by atoms with E-state index in [1.807, 2.05) is 24.3 Å². The third-order valence-electron chi connectivity index (χ3n) is 5.44. The van der Waals surface area contributed by atoms with Crippen LogP contribution in [0.25, 0.3) is 0 Å². The van der Waals surface area contributed by atoms with Crippen molar-refractivity contribution in [1.82, 2.24) is 19.8 Å². The van der Waals surface area contributed by atoms with E-state index in [-0.39, 0.29) is 23.7 Å². The fourth-order valence-corrected chi connectivity index (χ4v) is 4.21. The van der Waals surface area contributed by atoms with Crippen LogP contribution in [0.4, 0.5) is 15.5 Å². The Labute approximate surface area is 184 Å². The molecule has 11 heteroatoms. The second-order valence-corrected chi connectivity index (χ2v) is 8.15. The van der Waals surface area contributed by atoms with Gasteiger partial charge in [-0.15, -0.1) is 5.10 Å². The minimum atomic E-state index is -0.358. The summed E-state index contributed by atoms with van der Waals surface area (Å²) in [7, 11) is 1.64. The first-order valence-corrected chi connectivity index (χ1v) is 11.1. The normalized spacial score (nSPS) is 18.7. The molecule has 1 aromatic carbocycles. The summed E-state index contributed by atoms with van der Waals surface area (Å²) >= 11 is 0.995. The number of anilines is 2. The maximum Gasteiger partial charge on any atom is 0.322 e. The van der Waals surface area contributed by atoms with Crippen molar-refractivity contribution in [3.8, 4) is 5.75 Å². The zero-order valence-corrected chi connectivity index (χ0v) is 18.2. The summed E-state index contributed by atoms with van der Waals surface area (Å²) in [6.07, 6.45) is 1.98. The molecule has 2 aliphatic heterocycles. The van der Waals surface area contributed by atoms with Crippen LogP contribution in [0.5, 0.6) is 5.75 Å². The average Bonchev–Trinajstić information content (AvgIpc) is 3.50. The van der Waals surface area contributed by atoms with Gasteiger partial charge in [-0.3, -0.25) is 10.1 Å². The molecule has 0 bridgehead atoms. The molecular weight excluding hydrogens is 420 g/mol. The Bertz CT molecular complexity index is 891. The van der Waals surface area contributed by atoms with Gasteiger partial charge in [-0.2, -0.15) is 0 Å². The molecule has 2 saturated heterocycles. The molecule has 31 heavy (non-hydrogen) atoms. The van der Waals surface area contributed by atoms with Crippen LogP contribution < -0.4 is 20.3 Å². The average molecular weight is 447 g/mol. The topological polar surface area (TPSA) is 109 Å². The highest BCUT2D eigenvalue weighted by Gasteiger charge is 2.25. The minimum absolute atomic E-state index is 0.0376. The van der Waals surface area contributed by atoms with Crippen molar-refractivity contribution < 1.29 is 19.1 Å². The Balaban J connectivity index is 1.28. The molecule has 3 amide bonds. The van der Waals surface area contributed by atoms with Gasteiger partial charge in [0.25, 0.3) is 5.91 Å². The zero-order chi connectivity index (χ0) is 21.6. The Kier molecular flexibility index (Phi) is 6.82. The smallest absolute Gasteiger partial charge is 0.322 e. The molecule has 0 radical (unpaired) electrons. The molecule has 2 fully saturated rings. The summed E-state index contributed by atoms with van der Waals surface area (Å²) < 4.78 is 14.5. The Morgan fingerprint density at radius 3 is 2.68 bits per heavy atom. The molecule has 2 aromatic rings. The molecule has 3 heterocycles. The highest BCUT2D eigenvalue weighted by molar-refractivity contribution is 7.10. The molecule has 1 atom stereocenters. The first kappa shape index (κ1) is 21.3. The van der Waals surface area contributed by atoms with E-state index in [1.54, 1.807) is 12.0 Å². The maximum absolute atomic E-state index is 12.7. The lowest BCUT2D eigenvalue weighted by molar-refractivity contribution is 0.0854. The number of methoxy groups -OCH3 is 1. The minimum Gasteiger partial charge on any atom is -0.497 e. The molecular formula is C20H26N6O4S. The number of nitrogens with zero attached hydrogens (tertiary/aromatic N) is 4. The van der Waals surface area contributed by atoms with Gasteiger partial charge in [-0.25, -0.2) is 4.79 Å². The second kappa shape index (κ2) is 9.92. The van der Waals surface area contributed by atoms with E-state index in [9.17, 15) is 9.59 Å². The molecule has 0 saturated carbocycles. The van der Waals surface area contributed by atoms with E-state index in [2.05, 4.69) is 25.1 Å². The van der Waals surface area contributed by atoms with Crippen molar-refractivity contribution in [2.45, 2.75) is 18.9 Å². The number of benzene rings is 1. The Hall–Kier alpha value is -2.92. The van der Waals surface area contributed by atoms with Gasteiger partial charge < -0.3 is 24.6 Å². The van der Waals surface area contributed by atoms with E-state index in [1.165, 1.54) is 0 Å². The number of hydrogen-bond donors (Lipinski definition) is 2. The number of ether oxygens (including phenoxy) is 2. The quantitative estimate of drug-likeness (QED) is 0.697. The van der Waals surface area contributed by atoms with Crippen LogP contribution in [-0.2, 0) is 4.74 Å². The number of hydrogen-bond acceptors (Lipinski definition) is 8. The predicted octanol–water partition coefficient (Wildman–Crippen LogP) is 1.81. The van der Waals surface area contributed by atoms with Crippen LogP contribution in [0.15, 0.2) is 24.3 Å². The molecule has 2 aliphatic rings. The predicted molar refractivity (Wildman–Crippen MR) is 117 cm³/mol. The highest BCUT2D eigenvalue weighted by Crippen LogP contribution is 2.22. The number of amides is 3. The van der Waals surface area contributed by atoms with E-state index < -0.39 is 0 Å². The molecule has 1 unspecified atom stereocenters. The molecule has 4 rings (SSSR count). The monoisotopic (exact) mass is 446 g/mol. The Morgan fingerprint density at radius 1 is 1.23 bits per heavy atom. The highest BCUT2D eigenvalue weighted by atomic mass is 32.1. The van der Waals surface area contributed by atoms with Gasteiger partial charge in [0.2, 0.25) is 0 Å². The molecule has 10 nitrogen and oxygen atoms in total. The van der Waals surface area contributed by atoms with Crippen molar-refractivity contribution in [3.63, 3.8) is 0 Å². The van der Waals surface area contributed by atoms with E-state index in [0.717, 1.165) is 55.5 Å². The number of urea groups is 1. The van der Waals surface area contributed by atoms with Crippen molar-refractivity contribution in [2.75, 3.05) is 56.7 Å². The van der Waals surface area contributed by atoms with Crippen LogP contribution in [0.1, 0.15) is 23.3 Å². The molecule has 0 aliphatic carbocycles. The molecule has 166 valence electrons. The lowest BCUT2D eigenvalue weighted by Crippen LogP contribution is -2.50. The van der Waals surface area contributed by atoms with Crippen molar-refractivity contribution in [1.29, 1.82) is 0 Å². The van der Waals surface area contributed by atoms with Gasteiger partial charge >= 0.3 is 6.03 Å². The number of aromatic nitrogens is 2. The SMILES string of the molecule is COc1ccc(N2CCN(C(=O)Nc3snnc3C(=O)NCC3CCCO3)CC2)cc1. The zero-order valence-electron chi connectivity index (χ0n) is 17.4. The fourth-order valence-electron chi connectivity index (χ4n) is 3.65. The van der Waals surface area contributed by atoms with Gasteiger partial charge in [0.1, 0.15) is 5.75 Å². The molecule has 1 aromatic heterocycles. The summed E-state index contributed by atoms with van der Waals surface area (Å²) in [5.41, 5.74) is 1.23. The maximum atomic E-state index is 12.7. The lowest BCUT2D eigenvalue weighted by atomic mass is 10.2. The van der Waals surface area contributed by atoms with Gasteiger partial charge in [0.05, 0.1) is 13.2 Å². The van der Waals surface area contributed by atoms with Crippen LogP contribution in [0.3, 0.4) is 0 Å². The van der Waals surface area contributed by atoms with Gasteiger partial charge in [0.15, 0.2) is 10.7 Å².